The van der Waals surface area contributed by atoms with E-state index in [4.69, 9.17) is 9.47 Å². The third-order valence-electron chi connectivity index (χ3n) is 2.96. The molecule has 0 saturated carbocycles. The number of hydrogen-bond acceptors (Lipinski definition) is 4. The van der Waals surface area contributed by atoms with E-state index in [0.717, 1.165) is 5.56 Å². The molecule has 1 aromatic heterocycles. The van der Waals surface area contributed by atoms with Crippen LogP contribution in [-0.2, 0) is 11.8 Å². The molecule has 1 amide bonds. The topological polar surface area (TPSA) is 65.4 Å². The summed E-state index contributed by atoms with van der Waals surface area (Å²) in [4.78, 5) is 11.9. The maximum atomic E-state index is 11.9. The first-order chi connectivity index (χ1) is 10.2. The Morgan fingerprint density at radius 3 is 2.90 bits per heavy atom. The van der Waals surface area contributed by atoms with Gasteiger partial charge < -0.3 is 14.8 Å². The molecular formula is C15H15N3O3. The number of fused-ring (bicyclic) bond motifs is 1. The van der Waals surface area contributed by atoms with Gasteiger partial charge in [0.1, 0.15) is 13.2 Å². The van der Waals surface area contributed by atoms with E-state index in [1.165, 1.54) is 6.08 Å². The van der Waals surface area contributed by atoms with Crippen LogP contribution in [0.3, 0.4) is 0 Å². The Morgan fingerprint density at radius 1 is 1.33 bits per heavy atom. The van der Waals surface area contributed by atoms with Gasteiger partial charge in [-0.3, -0.25) is 9.48 Å². The highest BCUT2D eigenvalue weighted by atomic mass is 16.6. The van der Waals surface area contributed by atoms with Gasteiger partial charge in [0.15, 0.2) is 11.5 Å². The average molecular weight is 285 g/mol. The Bertz CT molecular complexity index is 691. The molecule has 0 bridgehead atoms. The molecule has 1 N–H and O–H groups in total. The van der Waals surface area contributed by atoms with Crippen LogP contribution in [0.5, 0.6) is 11.5 Å². The van der Waals surface area contributed by atoms with Gasteiger partial charge in [0.2, 0.25) is 5.91 Å². The fraction of sp³-hybridized carbons (Fsp3) is 0.200. The number of ether oxygens (including phenoxy) is 2. The molecule has 0 fully saturated rings. The Morgan fingerprint density at radius 2 is 2.14 bits per heavy atom. The number of anilines is 1. The Kier molecular flexibility index (Phi) is 3.59. The first-order valence-corrected chi connectivity index (χ1v) is 6.58. The summed E-state index contributed by atoms with van der Waals surface area (Å²) in [6, 6.07) is 5.32. The number of carbonyl (C=O) groups is 1. The smallest absolute Gasteiger partial charge is 0.248 e. The van der Waals surface area contributed by atoms with E-state index in [2.05, 4.69) is 10.4 Å². The van der Waals surface area contributed by atoms with Gasteiger partial charge >= 0.3 is 0 Å². The van der Waals surface area contributed by atoms with Crippen molar-refractivity contribution in [3.63, 3.8) is 0 Å². The number of aryl methyl sites for hydroxylation is 1. The van der Waals surface area contributed by atoms with Crippen molar-refractivity contribution in [3.05, 3.63) is 42.2 Å². The SMILES string of the molecule is Cn1cc(C=CC(=O)Nc2ccc3c(c2)OCCO3)cn1. The van der Waals surface area contributed by atoms with Crippen molar-refractivity contribution in [2.45, 2.75) is 0 Å². The minimum Gasteiger partial charge on any atom is -0.486 e. The summed E-state index contributed by atoms with van der Waals surface area (Å²) < 4.78 is 12.6. The average Bonchev–Trinajstić information content (AvgIpc) is 2.91. The van der Waals surface area contributed by atoms with Crippen molar-refractivity contribution in [2.24, 2.45) is 7.05 Å². The molecule has 6 heteroatoms. The summed E-state index contributed by atoms with van der Waals surface area (Å²) in [5, 5.41) is 6.81. The lowest BCUT2D eigenvalue weighted by Crippen LogP contribution is -2.16. The normalized spacial score (nSPS) is 13.4. The third-order valence-corrected chi connectivity index (χ3v) is 2.96. The summed E-state index contributed by atoms with van der Waals surface area (Å²) in [5.74, 6) is 1.14. The lowest BCUT2D eigenvalue weighted by Gasteiger charge is -2.18. The fourth-order valence-corrected chi connectivity index (χ4v) is 2.00. The molecule has 0 saturated heterocycles. The first-order valence-electron chi connectivity index (χ1n) is 6.58. The Balaban J connectivity index is 1.66. The molecule has 2 heterocycles. The zero-order valence-corrected chi connectivity index (χ0v) is 11.6. The van der Waals surface area contributed by atoms with Crippen molar-refractivity contribution in [2.75, 3.05) is 18.5 Å². The highest BCUT2D eigenvalue weighted by Gasteiger charge is 2.12. The van der Waals surface area contributed by atoms with Crippen LogP contribution in [0, 0.1) is 0 Å². The van der Waals surface area contributed by atoms with Gasteiger partial charge in [-0.05, 0) is 18.2 Å². The molecule has 6 nitrogen and oxygen atoms in total. The van der Waals surface area contributed by atoms with E-state index in [1.807, 2.05) is 13.2 Å². The fourth-order valence-electron chi connectivity index (χ4n) is 2.00. The highest BCUT2D eigenvalue weighted by Crippen LogP contribution is 2.32. The van der Waals surface area contributed by atoms with Crippen molar-refractivity contribution in [1.29, 1.82) is 0 Å². The summed E-state index contributed by atoms with van der Waals surface area (Å²) >= 11 is 0. The molecule has 0 unspecified atom stereocenters. The standard InChI is InChI=1S/C15H15N3O3/c1-18-10-11(9-16-18)2-5-15(19)17-12-3-4-13-14(8-12)21-7-6-20-13/h2-5,8-10H,6-7H2,1H3,(H,17,19). The van der Waals surface area contributed by atoms with E-state index in [-0.39, 0.29) is 5.91 Å². The van der Waals surface area contributed by atoms with Gasteiger partial charge in [0.25, 0.3) is 0 Å². The molecule has 2 aromatic rings. The number of nitrogens with zero attached hydrogens (tertiary/aromatic N) is 2. The van der Waals surface area contributed by atoms with Crippen LogP contribution in [0.25, 0.3) is 6.08 Å². The van der Waals surface area contributed by atoms with Crippen LogP contribution in [0.1, 0.15) is 5.56 Å². The van der Waals surface area contributed by atoms with E-state index >= 15 is 0 Å². The summed E-state index contributed by atoms with van der Waals surface area (Å²) in [6.45, 7) is 1.07. The van der Waals surface area contributed by atoms with E-state index < -0.39 is 0 Å². The van der Waals surface area contributed by atoms with E-state index in [1.54, 1.807) is 35.2 Å². The molecule has 3 rings (SSSR count). The molecular weight excluding hydrogens is 270 g/mol. The number of nitrogens with one attached hydrogen (secondary N) is 1. The van der Waals surface area contributed by atoms with Crippen LogP contribution in [-0.4, -0.2) is 28.9 Å². The van der Waals surface area contributed by atoms with Crippen molar-refractivity contribution in [3.8, 4) is 11.5 Å². The quantitative estimate of drug-likeness (QED) is 0.874. The number of rotatable bonds is 3. The molecule has 21 heavy (non-hydrogen) atoms. The minimum absolute atomic E-state index is 0.212. The predicted molar refractivity (Wildman–Crippen MR) is 78.3 cm³/mol. The molecule has 1 aliphatic rings. The molecule has 0 atom stereocenters. The van der Waals surface area contributed by atoms with E-state index in [9.17, 15) is 4.79 Å². The predicted octanol–water partition coefficient (Wildman–Crippen LogP) is 1.84. The van der Waals surface area contributed by atoms with Crippen molar-refractivity contribution in [1.82, 2.24) is 9.78 Å². The Hall–Kier alpha value is -2.76. The number of hydrogen-bond donors (Lipinski definition) is 1. The molecule has 0 spiro atoms. The summed E-state index contributed by atoms with van der Waals surface area (Å²) in [7, 11) is 1.83. The monoisotopic (exact) mass is 285 g/mol. The number of aromatic nitrogens is 2. The molecule has 1 aromatic carbocycles. The Labute approximate surface area is 122 Å². The number of benzene rings is 1. The lowest BCUT2D eigenvalue weighted by atomic mass is 10.2. The summed E-state index contributed by atoms with van der Waals surface area (Å²) in [5.41, 5.74) is 1.54. The van der Waals surface area contributed by atoms with E-state index in [0.29, 0.717) is 30.4 Å². The molecule has 1 aliphatic heterocycles. The van der Waals surface area contributed by atoms with Gasteiger partial charge in [-0.2, -0.15) is 5.10 Å². The number of carbonyl (C=O) groups excluding carboxylic acids is 1. The van der Waals surface area contributed by atoms with Crippen LogP contribution in [0.15, 0.2) is 36.7 Å². The molecule has 0 aliphatic carbocycles. The summed E-state index contributed by atoms with van der Waals surface area (Å²) in [6.07, 6.45) is 6.69. The molecule has 0 radical (unpaired) electrons. The van der Waals surface area contributed by atoms with Crippen molar-refractivity contribution >= 4 is 17.7 Å². The minimum atomic E-state index is -0.212. The van der Waals surface area contributed by atoms with Gasteiger partial charge in [-0.1, -0.05) is 0 Å². The lowest BCUT2D eigenvalue weighted by molar-refractivity contribution is -0.111. The van der Waals surface area contributed by atoms with Gasteiger partial charge in [0.05, 0.1) is 6.20 Å². The van der Waals surface area contributed by atoms with Crippen LogP contribution < -0.4 is 14.8 Å². The van der Waals surface area contributed by atoms with Gasteiger partial charge in [0, 0.05) is 36.6 Å². The van der Waals surface area contributed by atoms with Crippen LogP contribution in [0.2, 0.25) is 0 Å². The second-order valence-electron chi connectivity index (χ2n) is 4.63. The van der Waals surface area contributed by atoms with Crippen LogP contribution in [0.4, 0.5) is 5.69 Å². The number of amides is 1. The van der Waals surface area contributed by atoms with Crippen molar-refractivity contribution < 1.29 is 14.3 Å². The van der Waals surface area contributed by atoms with Gasteiger partial charge in [-0.25, -0.2) is 0 Å². The zero-order valence-electron chi connectivity index (χ0n) is 11.6. The molecule has 108 valence electrons. The highest BCUT2D eigenvalue weighted by molar-refractivity contribution is 6.02. The third kappa shape index (κ3) is 3.22. The second-order valence-corrected chi connectivity index (χ2v) is 4.63. The maximum Gasteiger partial charge on any atom is 0.248 e. The maximum absolute atomic E-state index is 11.9. The second kappa shape index (κ2) is 5.70. The largest absolute Gasteiger partial charge is 0.486 e. The van der Waals surface area contributed by atoms with Gasteiger partial charge in [-0.15, -0.1) is 0 Å². The van der Waals surface area contributed by atoms with Crippen LogP contribution >= 0.6 is 0 Å². The zero-order chi connectivity index (χ0) is 14.7. The first kappa shape index (κ1) is 13.2.